The molecule has 2 N–H and O–H groups in total. The number of amides is 3. The molecular weight excluding hydrogens is 424 g/mol. The smallest absolute Gasteiger partial charge is 0.327 e. The van der Waals surface area contributed by atoms with Gasteiger partial charge in [0.2, 0.25) is 5.91 Å². The van der Waals surface area contributed by atoms with E-state index < -0.39 is 6.04 Å². The Hall–Kier alpha value is -4.06. The second kappa shape index (κ2) is 8.06. The number of benzene rings is 3. The number of hydrogen-bond donors (Lipinski definition) is 2. The summed E-state index contributed by atoms with van der Waals surface area (Å²) in [5.74, 6) is -0.0140. The first-order valence-corrected chi connectivity index (χ1v) is 11.7. The van der Waals surface area contributed by atoms with Crippen LogP contribution in [0.25, 0.3) is 10.9 Å². The molecule has 1 aromatic heterocycles. The molecule has 0 saturated carbocycles. The molecule has 170 valence electrons. The van der Waals surface area contributed by atoms with Gasteiger partial charge >= 0.3 is 6.03 Å². The monoisotopic (exact) mass is 450 g/mol. The van der Waals surface area contributed by atoms with E-state index in [2.05, 4.69) is 28.5 Å². The number of aromatic amines is 1. The van der Waals surface area contributed by atoms with E-state index in [0.29, 0.717) is 19.5 Å². The number of aryl methyl sites for hydroxylation is 1. The van der Waals surface area contributed by atoms with Crippen molar-refractivity contribution in [2.75, 3.05) is 16.8 Å². The van der Waals surface area contributed by atoms with Gasteiger partial charge in [-0.2, -0.15) is 0 Å². The Morgan fingerprint density at radius 3 is 2.71 bits per heavy atom. The fraction of sp³-hybridized carbons (Fsp3) is 0.214. The molecule has 3 amide bonds. The van der Waals surface area contributed by atoms with E-state index in [9.17, 15) is 9.59 Å². The summed E-state index contributed by atoms with van der Waals surface area (Å²) in [7, 11) is 0. The predicted octanol–water partition coefficient (Wildman–Crippen LogP) is 5.02. The van der Waals surface area contributed by atoms with Crippen LogP contribution in [0, 0.1) is 6.92 Å². The van der Waals surface area contributed by atoms with Gasteiger partial charge in [-0.1, -0.05) is 48.5 Å². The Balaban J connectivity index is 1.28. The maximum atomic E-state index is 13.8. The van der Waals surface area contributed by atoms with Gasteiger partial charge < -0.3 is 15.2 Å². The lowest BCUT2D eigenvalue weighted by Gasteiger charge is -2.33. The fourth-order valence-corrected chi connectivity index (χ4v) is 5.33. The van der Waals surface area contributed by atoms with E-state index in [1.807, 2.05) is 66.4 Å². The molecule has 0 radical (unpaired) electrons. The first kappa shape index (κ1) is 20.5. The van der Waals surface area contributed by atoms with Crippen LogP contribution in [0.2, 0.25) is 0 Å². The zero-order valence-corrected chi connectivity index (χ0v) is 19.0. The summed E-state index contributed by atoms with van der Waals surface area (Å²) in [6.45, 7) is 3.17. The van der Waals surface area contributed by atoms with Crippen molar-refractivity contribution in [2.24, 2.45) is 0 Å². The third-order valence-corrected chi connectivity index (χ3v) is 6.94. The summed E-state index contributed by atoms with van der Waals surface area (Å²) in [5.41, 5.74) is 7.10. The maximum Gasteiger partial charge on any atom is 0.327 e. The molecule has 2 aliphatic rings. The summed E-state index contributed by atoms with van der Waals surface area (Å²) in [4.78, 5) is 34.3. The molecule has 2 aliphatic heterocycles. The van der Waals surface area contributed by atoms with Crippen LogP contribution in [0.1, 0.15) is 22.4 Å². The van der Waals surface area contributed by atoms with Crippen molar-refractivity contribution in [1.29, 1.82) is 0 Å². The normalized spacial score (nSPS) is 16.9. The second-order valence-corrected chi connectivity index (χ2v) is 9.16. The van der Waals surface area contributed by atoms with Crippen LogP contribution in [-0.2, 0) is 24.2 Å². The lowest BCUT2D eigenvalue weighted by molar-refractivity contribution is -0.133. The van der Waals surface area contributed by atoms with Crippen LogP contribution in [0.4, 0.5) is 16.2 Å². The number of H-pyrrole nitrogens is 1. The first-order valence-electron chi connectivity index (χ1n) is 11.7. The number of aromatic nitrogens is 1. The average Bonchev–Trinajstić information content (AvgIpc) is 3.41. The molecule has 34 heavy (non-hydrogen) atoms. The van der Waals surface area contributed by atoms with E-state index >= 15 is 0 Å². The molecule has 0 aliphatic carbocycles. The fourth-order valence-electron chi connectivity index (χ4n) is 5.33. The highest BCUT2D eigenvalue weighted by molar-refractivity contribution is 6.08. The highest BCUT2D eigenvalue weighted by Gasteiger charge is 2.41. The molecule has 3 aromatic carbocycles. The van der Waals surface area contributed by atoms with Gasteiger partial charge in [0, 0.05) is 40.9 Å². The van der Waals surface area contributed by atoms with Crippen molar-refractivity contribution in [1.82, 2.24) is 9.88 Å². The Morgan fingerprint density at radius 1 is 1.00 bits per heavy atom. The number of rotatable bonds is 2. The number of nitrogens with one attached hydrogen (secondary N) is 2. The summed E-state index contributed by atoms with van der Waals surface area (Å²) in [6, 6.07) is 22.9. The van der Waals surface area contributed by atoms with Gasteiger partial charge in [0.05, 0.1) is 6.54 Å². The molecular formula is C28H26N4O2. The summed E-state index contributed by atoms with van der Waals surface area (Å²) < 4.78 is 0. The van der Waals surface area contributed by atoms with Gasteiger partial charge in [-0.15, -0.1) is 0 Å². The number of nitrogens with zero attached hydrogens (tertiary/aromatic N) is 2. The molecule has 1 atom stereocenters. The molecule has 3 heterocycles. The minimum absolute atomic E-state index is 0.0140. The standard InChI is InChI=1S/C28H26N4O2/c1-18-7-6-9-20(15-18)29-28(34)32-25-12-5-2-8-19(25)16-26(32)27(33)31-14-13-22-21-10-3-4-11-23(21)30-24(22)17-31/h2-12,15,26,30H,13-14,16-17H2,1H3,(H,29,34). The van der Waals surface area contributed by atoms with Crippen LogP contribution < -0.4 is 10.2 Å². The Morgan fingerprint density at radius 2 is 1.82 bits per heavy atom. The Kier molecular flexibility index (Phi) is 4.87. The van der Waals surface area contributed by atoms with Crippen LogP contribution in [0.15, 0.2) is 72.8 Å². The van der Waals surface area contributed by atoms with Crippen LogP contribution >= 0.6 is 0 Å². The van der Waals surface area contributed by atoms with Crippen molar-refractivity contribution in [2.45, 2.75) is 32.4 Å². The molecule has 0 spiro atoms. The topological polar surface area (TPSA) is 68.4 Å². The molecule has 0 fully saturated rings. The van der Waals surface area contributed by atoms with Gasteiger partial charge in [-0.25, -0.2) is 4.79 Å². The minimum atomic E-state index is -0.562. The molecule has 4 aromatic rings. The molecule has 1 unspecified atom stereocenters. The van der Waals surface area contributed by atoms with Crippen LogP contribution in [0.5, 0.6) is 0 Å². The average molecular weight is 451 g/mol. The van der Waals surface area contributed by atoms with Gasteiger partial charge in [0.1, 0.15) is 6.04 Å². The van der Waals surface area contributed by atoms with Gasteiger partial charge in [-0.3, -0.25) is 9.69 Å². The van der Waals surface area contributed by atoms with E-state index in [1.165, 1.54) is 10.9 Å². The summed E-state index contributed by atoms with van der Waals surface area (Å²) in [5, 5.41) is 4.23. The van der Waals surface area contributed by atoms with E-state index in [0.717, 1.165) is 40.1 Å². The molecule has 0 bridgehead atoms. The number of anilines is 2. The van der Waals surface area contributed by atoms with E-state index in [4.69, 9.17) is 0 Å². The van der Waals surface area contributed by atoms with Crippen molar-refractivity contribution in [3.63, 3.8) is 0 Å². The van der Waals surface area contributed by atoms with Crippen LogP contribution in [0.3, 0.4) is 0 Å². The quantitative estimate of drug-likeness (QED) is 0.450. The van der Waals surface area contributed by atoms with E-state index in [-0.39, 0.29) is 11.9 Å². The molecule has 6 rings (SSSR count). The molecule has 6 nitrogen and oxygen atoms in total. The number of carbonyl (C=O) groups is 2. The highest BCUT2D eigenvalue weighted by Crippen LogP contribution is 2.35. The third kappa shape index (κ3) is 3.43. The number of para-hydroxylation sites is 2. The molecule has 0 saturated heterocycles. The minimum Gasteiger partial charge on any atom is -0.357 e. The number of fused-ring (bicyclic) bond motifs is 4. The number of carbonyl (C=O) groups excluding carboxylic acids is 2. The first-order chi connectivity index (χ1) is 16.6. The summed E-state index contributed by atoms with van der Waals surface area (Å²) in [6.07, 6.45) is 1.33. The highest BCUT2D eigenvalue weighted by atomic mass is 16.2. The van der Waals surface area contributed by atoms with Crippen molar-refractivity contribution >= 4 is 34.2 Å². The zero-order valence-electron chi connectivity index (χ0n) is 19.0. The predicted molar refractivity (Wildman–Crippen MR) is 134 cm³/mol. The van der Waals surface area contributed by atoms with Gasteiger partial charge in [0.25, 0.3) is 0 Å². The third-order valence-electron chi connectivity index (χ3n) is 6.94. The van der Waals surface area contributed by atoms with Crippen molar-refractivity contribution in [3.05, 3.63) is 95.2 Å². The lowest BCUT2D eigenvalue weighted by atomic mass is 10.0. The Bertz CT molecular complexity index is 1420. The van der Waals surface area contributed by atoms with Crippen LogP contribution in [-0.4, -0.2) is 34.4 Å². The Labute approximate surface area is 198 Å². The van der Waals surface area contributed by atoms with Crippen molar-refractivity contribution < 1.29 is 9.59 Å². The van der Waals surface area contributed by atoms with E-state index in [1.54, 1.807) is 4.90 Å². The van der Waals surface area contributed by atoms with Crippen molar-refractivity contribution in [3.8, 4) is 0 Å². The number of urea groups is 1. The molecule has 6 heteroatoms. The maximum absolute atomic E-state index is 13.8. The second-order valence-electron chi connectivity index (χ2n) is 9.16. The zero-order chi connectivity index (χ0) is 23.2. The summed E-state index contributed by atoms with van der Waals surface area (Å²) >= 11 is 0. The van der Waals surface area contributed by atoms with Gasteiger partial charge in [0.15, 0.2) is 0 Å². The largest absolute Gasteiger partial charge is 0.357 e. The lowest BCUT2D eigenvalue weighted by Crippen LogP contribution is -2.51. The SMILES string of the molecule is Cc1cccc(NC(=O)N2c3ccccc3CC2C(=O)N2CCc3c([nH]c4ccccc34)C2)c1. The number of hydrogen-bond acceptors (Lipinski definition) is 2. The van der Waals surface area contributed by atoms with Gasteiger partial charge in [-0.05, 0) is 54.3 Å².